The second-order valence-electron chi connectivity index (χ2n) is 5.86. The van der Waals surface area contributed by atoms with E-state index in [0.29, 0.717) is 25.7 Å². The molecule has 0 aliphatic rings. The number of benzene rings is 1. The molecule has 1 amide bonds. The van der Waals surface area contributed by atoms with Gasteiger partial charge >= 0.3 is 5.97 Å². The number of carbonyl (C=O) groups is 2. The van der Waals surface area contributed by atoms with E-state index in [4.69, 9.17) is 0 Å². The Morgan fingerprint density at radius 2 is 2.09 bits per heavy atom. The highest BCUT2D eigenvalue weighted by atomic mass is 32.1. The smallest absolute Gasteiger partial charge is 0.329 e. The molecular weight excluding hydrogens is 312 g/mol. The lowest BCUT2D eigenvalue weighted by Gasteiger charge is -2.25. The number of hydrogen-bond acceptors (Lipinski definition) is 4. The summed E-state index contributed by atoms with van der Waals surface area (Å²) in [6.45, 7) is 3.46. The molecule has 124 valence electrons. The molecule has 0 radical (unpaired) electrons. The summed E-state index contributed by atoms with van der Waals surface area (Å²) in [6.07, 6.45) is 2.82. The molecule has 0 fully saturated rings. The fraction of sp³-hybridized carbons (Fsp3) is 0.471. The topological polar surface area (TPSA) is 79.3 Å². The molecular formula is C17H22N2O3S. The van der Waals surface area contributed by atoms with E-state index in [9.17, 15) is 14.7 Å². The van der Waals surface area contributed by atoms with E-state index in [0.717, 1.165) is 21.6 Å². The van der Waals surface area contributed by atoms with Gasteiger partial charge in [0.15, 0.2) is 0 Å². The molecule has 2 N–H and O–H groups in total. The minimum absolute atomic E-state index is 0.218. The lowest BCUT2D eigenvalue weighted by molar-refractivity contribution is -0.147. The van der Waals surface area contributed by atoms with Gasteiger partial charge in [0.1, 0.15) is 5.54 Å². The molecule has 23 heavy (non-hydrogen) atoms. The summed E-state index contributed by atoms with van der Waals surface area (Å²) in [7, 11) is 0. The van der Waals surface area contributed by atoms with Crippen molar-refractivity contribution in [3.8, 4) is 0 Å². The van der Waals surface area contributed by atoms with Crippen molar-refractivity contribution >= 4 is 33.4 Å². The number of nitrogens with zero attached hydrogens (tertiary/aromatic N) is 1. The first-order chi connectivity index (χ1) is 10.9. The molecule has 0 saturated carbocycles. The van der Waals surface area contributed by atoms with Gasteiger partial charge in [-0.25, -0.2) is 9.78 Å². The molecule has 1 aromatic heterocycles. The quantitative estimate of drug-likeness (QED) is 0.775. The third kappa shape index (κ3) is 4.51. The van der Waals surface area contributed by atoms with Gasteiger partial charge in [-0.15, -0.1) is 11.3 Å². The lowest BCUT2D eigenvalue weighted by Crippen LogP contribution is -2.52. The molecule has 2 rings (SSSR count). The summed E-state index contributed by atoms with van der Waals surface area (Å²) in [5.41, 5.74) is -0.194. The monoisotopic (exact) mass is 334 g/mol. The third-order valence-electron chi connectivity index (χ3n) is 3.77. The van der Waals surface area contributed by atoms with Crippen LogP contribution in [-0.4, -0.2) is 27.5 Å². The molecule has 6 heteroatoms. The largest absolute Gasteiger partial charge is 0.480 e. The molecule has 0 saturated heterocycles. The first kappa shape index (κ1) is 17.4. The van der Waals surface area contributed by atoms with Crippen LogP contribution in [0.2, 0.25) is 0 Å². The summed E-state index contributed by atoms with van der Waals surface area (Å²) in [5, 5.41) is 12.9. The first-order valence-corrected chi connectivity index (χ1v) is 8.65. The second kappa shape index (κ2) is 7.55. The number of rotatable bonds is 8. The number of aromatic nitrogens is 1. The van der Waals surface area contributed by atoms with Gasteiger partial charge in [-0.05, 0) is 38.3 Å². The van der Waals surface area contributed by atoms with Crippen LogP contribution in [0, 0.1) is 0 Å². The van der Waals surface area contributed by atoms with Crippen LogP contribution in [0.4, 0.5) is 0 Å². The van der Waals surface area contributed by atoms with Crippen LogP contribution in [0.1, 0.15) is 44.5 Å². The number of nitrogens with one attached hydrogen (secondary N) is 1. The summed E-state index contributed by atoms with van der Waals surface area (Å²) in [4.78, 5) is 27.9. The predicted molar refractivity (Wildman–Crippen MR) is 91.6 cm³/mol. The fourth-order valence-corrected chi connectivity index (χ4v) is 3.53. The molecule has 1 heterocycles. The summed E-state index contributed by atoms with van der Waals surface area (Å²) >= 11 is 1.64. The van der Waals surface area contributed by atoms with Crippen LogP contribution in [-0.2, 0) is 16.0 Å². The molecule has 5 nitrogen and oxygen atoms in total. The van der Waals surface area contributed by atoms with Gasteiger partial charge < -0.3 is 10.4 Å². The van der Waals surface area contributed by atoms with Gasteiger partial charge in [0, 0.05) is 6.42 Å². The number of thiazole rings is 1. The van der Waals surface area contributed by atoms with E-state index in [1.54, 1.807) is 18.3 Å². The predicted octanol–water partition coefficient (Wildman–Crippen LogP) is 3.38. The van der Waals surface area contributed by atoms with Crippen LogP contribution in [0.15, 0.2) is 24.3 Å². The van der Waals surface area contributed by atoms with Crippen molar-refractivity contribution < 1.29 is 14.7 Å². The summed E-state index contributed by atoms with van der Waals surface area (Å²) in [6, 6.07) is 7.95. The van der Waals surface area contributed by atoms with Gasteiger partial charge in [-0.1, -0.05) is 25.5 Å². The molecule has 0 aliphatic carbocycles. The van der Waals surface area contributed by atoms with E-state index in [-0.39, 0.29) is 5.91 Å². The Hall–Kier alpha value is -1.95. The Balaban J connectivity index is 1.85. The third-order valence-corrected chi connectivity index (χ3v) is 4.87. The van der Waals surface area contributed by atoms with E-state index in [1.165, 1.54) is 0 Å². The Labute approximate surface area is 139 Å². The molecule has 2 aromatic rings. The highest BCUT2D eigenvalue weighted by Gasteiger charge is 2.33. The number of carboxylic acid groups (broad SMARTS) is 1. The number of aryl methyl sites for hydroxylation is 1. The standard InChI is InChI=1S/C17H22N2O3S/c1-3-11-17(2,16(21)22)19-14(20)9-6-10-15-18-12-7-4-5-8-13(12)23-15/h4-5,7-8H,3,6,9-11H2,1-2H3,(H,19,20)(H,21,22). The van der Waals surface area contributed by atoms with E-state index < -0.39 is 11.5 Å². The number of aliphatic carboxylic acids is 1. The number of carboxylic acids is 1. The minimum Gasteiger partial charge on any atom is -0.480 e. The zero-order chi connectivity index (χ0) is 16.9. The van der Waals surface area contributed by atoms with Crippen LogP contribution in [0.3, 0.4) is 0 Å². The molecule has 1 atom stereocenters. The molecule has 1 unspecified atom stereocenters. The van der Waals surface area contributed by atoms with Gasteiger partial charge in [-0.3, -0.25) is 4.79 Å². The Kier molecular flexibility index (Phi) is 5.71. The number of amides is 1. The van der Waals surface area contributed by atoms with Crippen LogP contribution >= 0.6 is 11.3 Å². The maximum atomic E-state index is 12.0. The maximum absolute atomic E-state index is 12.0. The fourth-order valence-electron chi connectivity index (χ4n) is 2.52. The molecule has 0 bridgehead atoms. The SMILES string of the molecule is CCCC(C)(NC(=O)CCCc1nc2ccccc2s1)C(=O)O. The highest BCUT2D eigenvalue weighted by molar-refractivity contribution is 7.18. The van der Waals surface area contributed by atoms with Crippen molar-refractivity contribution in [1.29, 1.82) is 0 Å². The van der Waals surface area contributed by atoms with Gasteiger partial charge in [0.2, 0.25) is 5.91 Å². The maximum Gasteiger partial charge on any atom is 0.329 e. The summed E-state index contributed by atoms with van der Waals surface area (Å²) in [5.74, 6) is -1.21. The number of para-hydroxylation sites is 1. The molecule has 0 aliphatic heterocycles. The van der Waals surface area contributed by atoms with Crippen molar-refractivity contribution in [2.24, 2.45) is 0 Å². The van der Waals surface area contributed by atoms with E-state index in [1.807, 2.05) is 31.2 Å². The van der Waals surface area contributed by atoms with Gasteiger partial charge in [-0.2, -0.15) is 0 Å². The Morgan fingerprint density at radius 3 is 2.74 bits per heavy atom. The average molecular weight is 334 g/mol. The van der Waals surface area contributed by atoms with Gasteiger partial charge in [0.25, 0.3) is 0 Å². The van der Waals surface area contributed by atoms with E-state index >= 15 is 0 Å². The van der Waals surface area contributed by atoms with Crippen LogP contribution in [0.25, 0.3) is 10.2 Å². The van der Waals surface area contributed by atoms with Crippen molar-refractivity contribution in [3.63, 3.8) is 0 Å². The summed E-state index contributed by atoms with van der Waals surface area (Å²) < 4.78 is 1.15. The Bertz CT molecular complexity index is 665. The number of fused-ring (bicyclic) bond motifs is 1. The normalized spacial score (nSPS) is 13.7. The van der Waals surface area contributed by atoms with Gasteiger partial charge in [0.05, 0.1) is 15.2 Å². The number of hydrogen-bond donors (Lipinski definition) is 2. The second-order valence-corrected chi connectivity index (χ2v) is 6.98. The Morgan fingerprint density at radius 1 is 1.35 bits per heavy atom. The van der Waals surface area contributed by atoms with Crippen molar-refractivity contribution in [2.75, 3.05) is 0 Å². The van der Waals surface area contributed by atoms with Crippen LogP contribution in [0.5, 0.6) is 0 Å². The molecule has 1 aromatic carbocycles. The van der Waals surface area contributed by atoms with Crippen molar-refractivity contribution in [2.45, 2.75) is 51.5 Å². The van der Waals surface area contributed by atoms with Crippen molar-refractivity contribution in [1.82, 2.24) is 10.3 Å². The van der Waals surface area contributed by atoms with E-state index in [2.05, 4.69) is 10.3 Å². The zero-order valence-corrected chi connectivity index (χ0v) is 14.3. The average Bonchev–Trinajstić information content (AvgIpc) is 2.89. The minimum atomic E-state index is -1.18. The number of carbonyl (C=O) groups excluding carboxylic acids is 1. The van der Waals surface area contributed by atoms with Crippen molar-refractivity contribution in [3.05, 3.63) is 29.3 Å². The molecule has 0 spiro atoms. The zero-order valence-electron chi connectivity index (χ0n) is 13.5. The first-order valence-electron chi connectivity index (χ1n) is 7.83. The highest BCUT2D eigenvalue weighted by Crippen LogP contribution is 2.22. The lowest BCUT2D eigenvalue weighted by atomic mass is 9.96. The van der Waals surface area contributed by atoms with Crippen LogP contribution < -0.4 is 5.32 Å².